The number of fused-ring (bicyclic) bond motifs is 13. The zero-order valence-electron chi connectivity index (χ0n) is 52.9. The van der Waals surface area contributed by atoms with Crippen LogP contribution in [-0.2, 0) is 0 Å². The van der Waals surface area contributed by atoms with Gasteiger partial charge in [-0.1, -0.05) is 187 Å². The van der Waals surface area contributed by atoms with E-state index in [-0.39, 0.29) is 0 Å². The van der Waals surface area contributed by atoms with Gasteiger partial charge in [0.25, 0.3) is 0 Å². The fourth-order valence-electron chi connectivity index (χ4n) is 15.6. The minimum Gasteiger partial charge on any atom is -0.309 e. The second-order valence-electron chi connectivity index (χ2n) is 25.5. The van der Waals surface area contributed by atoms with Crippen molar-refractivity contribution in [1.82, 2.24) is 23.3 Å². The fraction of sp³-hybridized carbons (Fsp3) is 0.0337. The van der Waals surface area contributed by atoms with Crippen molar-refractivity contribution in [2.75, 3.05) is 0 Å². The van der Waals surface area contributed by atoms with Crippen molar-refractivity contribution < 1.29 is 0 Å². The molecular weight excluding hydrogens is 1190 g/mol. The van der Waals surface area contributed by atoms with E-state index in [0.717, 1.165) is 132 Å². The molecule has 6 nitrogen and oxygen atoms in total. The Labute approximate surface area is 557 Å². The standard InChI is InChI=1S/C89H58N6S/c1-54-28-47-80-70(50-54)67-18-6-12-24-77(67)93(80)62-41-33-58(34-42-62)85-84(57-31-39-61(40-32-57)92-75-22-10-4-16-65(75)66-17-5-11-23-76(66)92)73(53-90)88(89-91-74-21-9-15-27-83(74)96-89)87(60-37-45-64(46-38-60)95-79-26-14-8-20-69(79)72-52-56(3)30-49-82(72)95)86(85)59-35-43-63(44-36-59)94-78-25-13-7-19-68(78)71-51-55(2)29-48-81(71)94/h4-52H,1-3H3. The zero-order chi connectivity index (χ0) is 63.9. The van der Waals surface area contributed by atoms with Gasteiger partial charge >= 0.3 is 0 Å². The molecule has 0 unspecified atom stereocenters. The Morgan fingerprint density at radius 3 is 0.906 bits per heavy atom. The molecule has 0 aliphatic rings. The number of nitriles is 1. The molecule has 450 valence electrons. The maximum Gasteiger partial charge on any atom is 0.126 e. The molecular formula is C89H58N6S. The Morgan fingerprint density at radius 1 is 0.281 bits per heavy atom. The summed E-state index contributed by atoms with van der Waals surface area (Å²) in [5, 5.41) is 23.0. The number of hydrogen-bond donors (Lipinski definition) is 0. The lowest BCUT2D eigenvalue weighted by Crippen LogP contribution is -2.03. The summed E-state index contributed by atoms with van der Waals surface area (Å²) in [6.07, 6.45) is 0. The fourth-order valence-corrected chi connectivity index (χ4v) is 16.6. The van der Waals surface area contributed by atoms with Crippen LogP contribution in [0.5, 0.6) is 0 Å². The predicted molar refractivity (Wildman–Crippen MR) is 403 cm³/mol. The van der Waals surface area contributed by atoms with Crippen LogP contribution in [0, 0.1) is 32.1 Å². The van der Waals surface area contributed by atoms with Gasteiger partial charge in [-0.15, -0.1) is 11.3 Å². The Kier molecular flexibility index (Phi) is 12.5. The molecule has 0 aliphatic carbocycles. The average molecular weight is 1240 g/mol. The van der Waals surface area contributed by atoms with Crippen LogP contribution in [0.15, 0.2) is 297 Å². The van der Waals surface area contributed by atoms with Gasteiger partial charge in [0.15, 0.2) is 0 Å². The Balaban J connectivity index is 0.922. The van der Waals surface area contributed by atoms with Crippen LogP contribution in [0.25, 0.3) is 175 Å². The number of benzene rings is 14. The van der Waals surface area contributed by atoms with Crippen molar-refractivity contribution in [2.24, 2.45) is 0 Å². The molecule has 5 aromatic heterocycles. The Morgan fingerprint density at radius 2 is 0.562 bits per heavy atom. The lowest BCUT2D eigenvalue weighted by molar-refractivity contribution is 1.18. The van der Waals surface area contributed by atoms with Gasteiger partial charge in [0, 0.05) is 82.5 Å². The van der Waals surface area contributed by atoms with Gasteiger partial charge in [-0.05, 0) is 182 Å². The maximum atomic E-state index is 12.6. The molecule has 0 amide bonds. The highest BCUT2D eigenvalue weighted by Crippen LogP contribution is 2.55. The second kappa shape index (κ2) is 21.6. The number of rotatable bonds is 9. The van der Waals surface area contributed by atoms with Crippen LogP contribution >= 0.6 is 11.3 Å². The van der Waals surface area contributed by atoms with E-state index in [0.29, 0.717) is 5.56 Å². The third-order valence-electron chi connectivity index (χ3n) is 19.8. The number of para-hydroxylation sites is 6. The highest BCUT2D eigenvalue weighted by Gasteiger charge is 2.31. The van der Waals surface area contributed by atoms with Gasteiger partial charge in [0.05, 0.1) is 59.9 Å². The minimum atomic E-state index is 0.549. The van der Waals surface area contributed by atoms with Crippen LogP contribution in [0.4, 0.5) is 0 Å². The number of thiazole rings is 1. The smallest absolute Gasteiger partial charge is 0.126 e. The Bertz CT molecular complexity index is 6380. The maximum absolute atomic E-state index is 12.6. The molecule has 7 heteroatoms. The molecule has 0 bridgehead atoms. The zero-order valence-corrected chi connectivity index (χ0v) is 53.7. The monoisotopic (exact) mass is 1240 g/mol. The number of nitrogens with zero attached hydrogens (tertiary/aromatic N) is 6. The third-order valence-corrected chi connectivity index (χ3v) is 20.9. The molecule has 14 aromatic carbocycles. The average Bonchev–Trinajstić information content (AvgIpc) is 1.77. The second-order valence-corrected chi connectivity index (χ2v) is 26.6. The molecule has 19 aromatic rings. The lowest BCUT2D eigenvalue weighted by Gasteiger charge is -2.26. The molecule has 0 radical (unpaired) electrons. The van der Waals surface area contributed by atoms with Crippen molar-refractivity contribution in [3.63, 3.8) is 0 Å². The quantitative estimate of drug-likeness (QED) is 0.145. The summed E-state index contributed by atoms with van der Waals surface area (Å²) in [6, 6.07) is 111. The third kappa shape index (κ3) is 8.46. The molecule has 0 spiro atoms. The molecule has 5 heterocycles. The molecule has 0 atom stereocenters. The van der Waals surface area contributed by atoms with Crippen LogP contribution in [0.1, 0.15) is 22.3 Å². The summed E-state index contributed by atoms with van der Waals surface area (Å²) in [4.78, 5) is 5.55. The van der Waals surface area contributed by atoms with Crippen LogP contribution in [0.3, 0.4) is 0 Å². The summed E-state index contributed by atoms with van der Waals surface area (Å²) in [7, 11) is 0. The SMILES string of the molecule is Cc1ccc2c(c1)c1ccccc1n2-c1ccc(-c2c(-c3ccc(-n4c5ccccc5c5ccccc54)cc3)c(C#N)c(-c3nc4ccccc4s3)c(-c3ccc(-n4c5ccccc5c5cc(C)ccc54)cc3)c2-c2ccc(-n3c4ccccc4c4cc(C)ccc43)cc2)cc1. The van der Waals surface area contributed by atoms with Crippen molar-refractivity contribution in [2.45, 2.75) is 20.8 Å². The number of hydrogen-bond acceptors (Lipinski definition) is 3. The van der Waals surface area contributed by atoms with Gasteiger partial charge in [-0.2, -0.15) is 5.26 Å². The normalized spacial score (nSPS) is 11.9. The highest BCUT2D eigenvalue weighted by atomic mass is 32.1. The first-order chi connectivity index (χ1) is 47.3. The van der Waals surface area contributed by atoms with Gasteiger partial charge in [0.2, 0.25) is 0 Å². The summed E-state index contributed by atoms with van der Waals surface area (Å²) < 4.78 is 10.6. The first-order valence-corrected chi connectivity index (χ1v) is 33.5. The first-order valence-electron chi connectivity index (χ1n) is 32.7. The largest absolute Gasteiger partial charge is 0.309 e. The van der Waals surface area contributed by atoms with Crippen LogP contribution < -0.4 is 0 Å². The van der Waals surface area contributed by atoms with Crippen molar-refractivity contribution in [3.8, 4) is 83.9 Å². The topological polar surface area (TPSA) is 56.4 Å². The Hall–Kier alpha value is -12.3. The molecule has 0 fully saturated rings. The summed E-state index contributed by atoms with van der Waals surface area (Å²) in [5.41, 5.74) is 26.7. The van der Waals surface area contributed by atoms with E-state index in [1.807, 2.05) is 0 Å². The predicted octanol–water partition coefficient (Wildman–Crippen LogP) is 23.8. The van der Waals surface area contributed by atoms with Gasteiger partial charge < -0.3 is 18.3 Å². The van der Waals surface area contributed by atoms with Gasteiger partial charge in [-0.25, -0.2) is 4.98 Å². The summed E-state index contributed by atoms with van der Waals surface area (Å²) >= 11 is 1.64. The molecule has 0 aliphatic heterocycles. The van der Waals surface area contributed by atoms with Gasteiger partial charge in [-0.3, -0.25) is 0 Å². The van der Waals surface area contributed by atoms with E-state index in [2.05, 4.69) is 342 Å². The lowest BCUT2D eigenvalue weighted by atomic mass is 9.77. The molecule has 96 heavy (non-hydrogen) atoms. The number of aromatic nitrogens is 5. The highest BCUT2D eigenvalue weighted by molar-refractivity contribution is 7.21. The molecule has 19 rings (SSSR count). The van der Waals surface area contributed by atoms with Gasteiger partial charge in [0.1, 0.15) is 11.1 Å². The van der Waals surface area contributed by atoms with E-state index in [4.69, 9.17) is 4.98 Å². The molecule has 0 saturated carbocycles. The first kappa shape index (κ1) is 55.3. The van der Waals surface area contributed by atoms with Crippen molar-refractivity contribution in [3.05, 3.63) is 320 Å². The molecule has 0 N–H and O–H groups in total. The van der Waals surface area contributed by atoms with E-state index < -0.39 is 0 Å². The van der Waals surface area contributed by atoms with E-state index >= 15 is 0 Å². The van der Waals surface area contributed by atoms with Crippen molar-refractivity contribution in [1.29, 1.82) is 5.26 Å². The van der Waals surface area contributed by atoms with Crippen LogP contribution in [-0.4, -0.2) is 23.3 Å². The minimum absolute atomic E-state index is 0.549. The van der Waals surface area contributed by atoms with Crippen molar-refractivity contribution >= 4 is 109 Å². The van der Waals surface area contributed by atoms with E-state index in [1.54, 1.807) is 11.3 Å². The summed E-state index contributed by atoms with van der Waals surface area (Å²) in [6.45, 7) is 6.50. The summed E-state index contributed by atoms with van der Waals surface area (Å²) in [5.74, 6) is 0. The van der Waals surface area contributed by atoms with E-state index in [1.165, 1.54) is 59.8 Å². The van der Waals surface area contributed by atoms with E-state index in [9.17, 15) is 5.26 Å². The molecule has 0 saturated heterocycles. The van der Waals surface area contributed by atoms with Crippen LogP contribution in [0.2, 0.25) is 0 Å². The number of aryl methyl sites for hydroxylation is 3.